The average molecular weight is 719 g/mol. The third-order valence-corrected chi connectivity index (χ3v) is 11.5. The van der Waals surface area contributed by atoms with Crippen LogP contribution in [0.1, 0.15) is 29.9 Å². The van der Waals surface area contributed by atoms with E-state index in [1.54, 1.807) is 0 Å². The first-order valence-corrected chi connectivity index (χ1v) is 19.7. The number of hydrogen-bond acceptors (Lipinski definition) is 1. The highest BCUT2D eigenvalue weighted by atomic mass is 15.2. The van der Waals surface area contributed by atoms with Gasteiger partial charge < -0.3 is 9.47 Å². The highest BCUT2D eigenvalue weighted by molar-refractivity contribution is 6.11. The normalized spacial score (nSPS) is 16.5. The molecule has 7 aromatic carbocycles. The molecule has 8 aromatic rings. The van der Waals surface area contributed by atoms with Gasteiger partial charge in [0.1, 0.15) is 0 Å². The van der Waals surface area contributed by atoms with Crippen LogP contribution >= 0.6 is 0 Å². The number of fused-ring (bicyclic) bond motifs is 3. The van der Waals surface area contributed by atoms with Gasteiger partial charge in [-0.3, -0.25) is 0 Å². The molecule has 0 N–H and O–H groups in total. The SMILES string of the molecule is C1=CC(N(c2ccc(-c3ccccc3)cc2)c2ccc(-c3ccc4c(c3)c3ccccc3n4C3=CCC(c4ccccc4)C=C3)cc2)CC=C1c1ccccc1. The Hall–Kier alpha value is -6.90. The predicted octanol–water partition coefficient (Wildman–Crippen LogP) is 14.3. The summed E-state index contributed by atoms with van der Waals surface area (Å²) in [6, 6.07) is 66.3. The van der Waals surface area contributed by atoms with Crippen LogP contribution in [-0.4, -0.2) is 10.6 Å². The second-order valence-electron chi connectivity index (χ2n) is 14.8. The van der Waals surface area contributed by atoms with Crippen LogP contribution in [0.2, 0.25) is 0 Å². The van der Waals surface area contributed by atoms with Crippen molar-refractivity contribution < 1.29 is 0 Å². The lowest BCUT2D eigenvalue weighted by atomic mass is 9.92. The van der Waals surface area contributed by atoms with E-state index in [9.17, 15) is 0 Å². The maximum atomic E-state index is 2.48. The van der Waals surface area contributed by atoms with E-state index in [1.807, 2.05) is 0 Å². The minimum atomic E-state index is 0.185. The standard InChI is InChI=1S/C54H42N2/c1-4-12-39(13-5-1)42-20-29-47(30-21-42)55(48-31-22-43(23-32-48)40-14-6-2-7-15-40)49-33-26-45(27-34-49)46-28-37-54-52(38-46)51-18-10-11-19-53(51)56(54)50-35-24-44(25-36-50)41-16-8-3-9-17-41/h1-24,26-31,33-38,44,48H,25,32H2. The number of hydrogen-bond donors (Lipinski definition) is 0. The monoisotopic (exact) mass is 718 g/mol. The van der Waals surface area contributed by atoms with E-state index >= 15 is 0 Å². The van der Waals surface area contributed by atoms with Crippen LogP contribution in [-0.2, 0) is 0 Å². The van der Waals surface area contributed by atoms with E-state index in [0.29, 0.717) is 5.92 Å². The zero-order chi connectivity index (χ0) is 37.3. The van der Waals surface area contributed by atoms with Gasteiger partial charge in [0.15, 0.2) is 0 Å². The minimum absolute atomic E-state index is 0.185. The van der Waals surface area contributed by atoms with Crippen LogP contribution in [0.25, 0.3) is 55.3 Å². The number of para-hydroxylation sites is 1. The quantitative estimate of drug-likeness (QED) is 0.152. The summed E-state index contributed by atoms with van der Waals surface area (Å²) in [6.07, 6.45) is 16.0. The molecule has 0 saturated carbocycles. The smallest absolute Gasteiger partial charge is 0.0560 e. The second kappa shape index (κ2) is 14.7. The van der Waals surface area contributed by atoms with Gasteiger partial charge in [-0.15, -0.1) is 0 Å². The number of anilines is 2. The molecule has 268 valence electrons. The number of benzene rings is 7. The maximum absolute atomic E-state index is 2.48. The molecule has 2 unspecified atom stereocenters. The molecule has 0 fully saturated rings. The third-order valence-electron chi connectivity index (χ3n) is 11.5. The summed E-state index contributed by atoms with van der Waals surface area (Å²) >= 11 is 0. The number of rotatable bonds is 8. The molecule has 1 aromatic heterocycles. The fraction of sp³-hybridized carbons (Fsp3) is 0.0741. The van der Waals surface area contributed by atoms with Crippen LogP contribution in [0.15, 0.2) is 218 Å². The molecule has 1 heterocycles. The van der Waals surface area contributed by atoms with E-state index in [1.165, 1.54) is 77.8 Å². The Morgan fingerprint density at radius 3 is 1.64 bits per heavy atom. The Morgan fingerprint density at radius 1 is 0.429 bits per heavy atom. The fourth-order valence-corrected chi connectivity index (χ4v) is 8.59. The molecule has 0 bridgehead atoms. The Morgan fingerprint density at radius 2 is 1.00 bits per heavy atom. The van der Waals surface area contributed by atoms with Crippen molar-refractivity contribution in [1.29, 1.82) is 0 Å². The first-order valence-electron chi connectivity index (χ1n) is 19.7. The van der Waals surface area contributed by atoms with Crippen molar-refractivity contribution in [3.63, 3.8) is 0 Å². The van der Waals surface area contributed by atoms with Crippen molar-refractivity contribution in [2.45, 2.75) is 24.8 Å². The molecule has 2 heteroatoms. The van der Waals surface area contributed by atoms with Crippen molar-refractivity contribution >= 4 is 44.5 Å². The van der Waals surface area contributed by atoms with Crippen molar-refractivity contribution in [2.24, 2.45) is 0 Å². The molecular formula is C54H42N2. The van der Waals surface area contributed by atoms with Crippen LogP contribution in [0.4, 0.5) is 11.4 Å². The Labute approximate surface area is 329 Å². The highest BCUT2D eigenvalue weighted by Crippen LogP contribution is 2.39. The summed E-state index contributed by atoms with van der Waals surface area (Å²) in [5.74, 6) is 0.407. The molecule has 10 rings (SSSR count). The van der Waals surface area contributed by atoms with Gasteiger partial charge in [0.05, 0.1) is 17.1 Å². The predicted molar refractivity (Wildman–Crippen MR) is 238 cm³/mol. The summed E-state index contributed by atoms with van der Waals surface area (Å²) < 4.78 is 2.44. The largest absolute Gasteiger partial charge is 0.334 e. The first kappa shape index (κ1) is 33.7. The minimum Gasteiger partial charge on any atom is -0.334 e. The molecule has 2 aliphatic carbocycles. The lowest BCUT2D eigenvalue weighted by Gasteiger charge is -2.33. The zero-order valence-electron chi connectivity index (χ0n) is 31.2. The van der Waals surface area contributed by atoms with Gasteiger partial charge in [0.2, 0.25) is 0 Å². The molecule has 0 spiro atoms. The first-order chi connectivity index (χ1) is 27.8. The number of aromatic nitrogens is 1. The molecule has 2 aliphatic rings. The van der Waals surface area contributed by atoms with Crippen LogP contribution in [0, 0.1) is 0 Å². The third kappa shape index (κ3) is 6.40. The van der Waals surface area contributed by atoms with Crippen molar-refractivity contribution in [2.75, 3.05) is 4.90 Å². The van der Waals surface area contributed by atoms with E-state index in [-0.39, 0.29) is 6.04 Å². The lowest BCUT2D eigenvalue weighted by molar-refractivity contribution is 0.787. The van der Waals surface area contributed by atoms with Gasteiger partial charge in [-0.1, -0.05) is 170 Å². The summed E-state index contributed by atoms with van der Waals surface area (Å²) in [4.78, 5) is 2.48. The van der Waals surface area contributed by atoms with Crippen LogP contribution in [0.5, 0.6) is 0 Å². The van der Waals surface area contributed by atoms with Crippen molar-refractivity contribution in [3.05, 3.63) is 230 Å². The number of allylic oxidation sites excluding steroid dienone is 6. The summed E-state index contributed by atoms with van der Waals surface area (Å²) in [5, 5.41) is 2.55. The van der Waals surface area contributed by atoms with Gasteiger partial charge in [-0.25, -0.2) is 0 Å². The van der Waals surface area contributed by atoms with Crippen molar-refractivity contribution in [3.8, 4) is 22.3 Å². The Bertz CT molecular complexity index is 2770. The summed E-state index contributed by atoms with van der Waals surface area (Å²) in [5.41, 5.74) is 14.8. The van der Waals surface area contributed by atoms with Crippen LogP contribution in [0.3, 0.4) is 0 Å². The summed E-state index contributed by atoms with van der Waals surface area (Å²) in [6.45, 7) is 0. The van der Waals surface area contributed by atoms with E-state index in [4.69, 9.17) is 0 Å². The average Bonchev–Trinajstić information content (AvgIpc) is 3.62. The molecule has 0 radical (unpaired) electrons. The molecule has 0 saturated heterocycles. The van der Waals surface area contributed by atoms with Gasteiger partial charge in [0.25, 0.3) is 0 Å². The molecule has 2 nitrogen and oxygen atoms in total. The molecule has 56 heavy (non-hydrogen) atoms. The van der Waals surface area contributed by atoms with Crippen molar-refractivity contribution in [1.82, 2.24) is 4.57 Å². The second-order valence-corrected chi connectivity index (χ2v) is 14.8. The lowest BCUT2D eigenvalue weighted by Crippen LogP contribution is -2.30. The van der Waals surface area contributed by atoms with Gasteiger partial charge >= 0.3 is 0 Å². The van der Waals surface area contributed by atoms with E-state index < -0.39 is 0 Å². The fourth-order valence-electron chi connectivity index (χ4n) is 8.59. The maximum Gasteiger partial charge on any atom is 0.0560 e. The van der Waals surface area contributed by atoms with Crippen LogP contribution < -0.4 is 4.90 Å². The zero-order valence-corrected chi connectivity index (χ0v) is 31.2. The summed E-state index contributed by atoms with van der Waals surface area (Å²) in [7, 11) is 0. The molecule has 0 amide bonds. The van der Waals surface area contributed by atoms with Gasteiger partial charge in [-0.05, 0) is 100 Å². The molecule has 0 aliphatic heterocycles. The number of nitrogens with zero attached hydrogens (tertiary/aromatic N) is 2. The highest BCUT2D eigenvalue weighted by Gasteiger charge is 2.22. The molecular weight excluding hydrogens is 677 g/mol. The van der Waals surface area contributed by atoms with Gasteiger partial charge in [0, 0.05) is 33.8 Å². The van der Waals surface area contributed by atoms with E-state index in [2.05, 4.69) is 228 Å². The topological polar surface area (TPSA) is 8.17 Å². The Kier molecular flexibility index (Phi) is 8.85. The van der Waals surface area contributed by atoms with Gasteiger partial charge in [-0.2, -0.15) is 0 Å². The van der Waals surface area contributed by atoms with E-state index in [0.717, 1.165) is 12.8 Å². The molecule has 2 atom stereocenters. The Balaban J connectivity index is 0.974.